The zero-order chi connectivity index (χ0) is 11.1. The lowest BCUT2D eigenvalue weighted by Crippen LogP contribution is -2.07. The summed E-state index contributed by atoms with van der Waals surface area (Å²) >= 11 is 0. The lowest BCUT2D eigenvalue weighted by atomic mass is 10.4. The van der Waals surface area contributed by atoms with Gasteiger partial charge in [0.05, 0.1) is 12.3 Å². The van der Waals surface area contributed by atoms with Crippen molar-refractivity contribution >= 4 is 0 Å². The Balaban J connectivity index is 2.26. The molecule has 0 fully saturated rings. The van der Waals surface area contributed by atoms with Gasteiger partial charge < -0.3 is 4.74 Å². The van der Waals surface area contributed by atoms with E-state index in [2.05, 4.69) is 12.0 Å². The summed E-state index contributed by atoms with van der Waals surface area (Å²) in [6, 6.07) is 1.70. The van der Waals surface area contributed by atoms with Gasteiger partial charge in [0.25, 0.3) is 6.43 Å². The van der Waals surface area contributed by atoms with Gasteiger partial charge in [-0.25, -0.2) is 8.78 Å². The van der Waals surface area contributed by atoms with Gasteiger partial charge in [-0.15, -0.1) is 0 Å². The summed E-state index contributed by atoms with van der Waals surface area (Å²) in [5.41, 5.74) is 0.701. The van der Waals surface area contributed by atoms with Gasteiger partial charge in [0, 0.05) is 12.8 Å². The molecule has 0 radical (unpaired) electrons. The monoisotopic (exact) mass is 218 g/mol. The Bertz CT molecular complexity index is 276. The first-order valence-electron chi connectivity index (χ1n) is 5.10. The minimum absolute atomic E-state index is 0.352. The first-order valence-corrected chi connectivity index (χ1v) is 5.10. The number of hydrogen-bond acceptors (Lipinski definition) is 2. The molecule has 0 spiro atoms. The largest absolute Gasteiger partial charge is 0.375 e. The highest BCUT2D eigenvalue weighted by Gasteiger charge is 2.05. The van der Waals surface area contributed by atoms with Crippen molar-refractivity contribution in [1.29, 1.82) is 0 Å². The average molecular weight is 218 g/mol. The maximum atomic E-state index is 12.0. The molecule has 1 heterocycles. The third-order valence-electron chi connectivity index (χ3n) is 1.91. The van der Waals surface area contributed by atoms with Crippen LogP contribution < -0.4 is 0 Å². The van der Waals surface area contributed by atoms with Crippen molar-refractivity contribution in [2.24, 2.45) is 0 Å². The van der Waals surface area contributed by atoms with Crippen LogP contribution >= 0.6 is 0 Å². The molecule has 0 N–H and O–H groups in total. The summed E-state index contributed by atoms with van der Waals surface area (Å²) in [6.45, 7) is 2.82. The van der Waals surface area contributed by atoms with E-state index in [-0.39, 0.29) is 6.54 Å². The molecule has 0 aliphatic carbocycles. The molecule has 0 aliphatic heterocycles. The molecule has 0 saturated heterocycles. The van der Waals surface area contributed by atoms with Gasteiger partial charge in [0.2, 0.25) is 0 Å². The molecule has 0 amide bonds. The number of hydrogen-bond donors (Lipinski definition) is 0. The Morgan fingerprint density at radius 1 is 1.53 bits per heavy atom. The number of halogens is 2. The highest BCUT2D eigenvalue weighted by Crippen LogP contribution is 2.02. The van der Waals surface area contributed by atoms with Gasteiger partial charge in [-0.1, -0.05) is 13.3 Å². The van der Waals surface area contributed by atoms with Crippen LogP contribution in [0.4, 0.5) is 8.78 Å². The SMILES string of the molecule is CCCCOCc1ccn(CC(F)F)n1. The fourth-order valence-electron chi connectivity index (χ4n) is 1.15. The van der Waals surface area contributed by atoms with Crippen LogP contribution in [0.15, 0.2) is 12.3 Å². The van der Waals surface area contributed by atoms with E-state index in [4.69, 9.17) is 4.74 Å². The summed E-state index contributed by atoms with van der Waals surface area (Å²) in [7, 11) is 0. The Morgan fingerprint density at radius 2 is 2.33 bits per heavy atom. The van der Waals surface area contributed by atoms with Crippen molar-refractivity contribution in [2.45, 2.75) is 39.3 Å². The second-order valence-electron chi connectivity index (χ2n) is 3.33. The molecule has 0 aromatic carbocycles. The highest BCUT2D eigenvalue weighted by molar-refractivity contribution is 4.96. The quantitative estimate of drug-likeness (QED) is 0.657. The average Bonchev–Trinajstić information content (AvgIpc) is 2.59. The van der Waals surface area contributed by atoms with Crippen molar-refractivity contribution in [1.82, 2.24) is 9.78 Å². The molecule has 1 rings (SSSR count). The van der Waals surface area contributed by atoms with Crippen molar-refractivity contribution in [3.63, 3.8) is 0 Å². The lowest BCUT2D eigenvalue weighted by molar-refractivity contribution is 0.110. The first kappa shape index (κ1) is 12.1. The summed E-state index contributed by atoms with van der Waals surface area (Å²) in [5.74, 6) is 0. The summed E-state index contributed by atoms with van der Waals surface area (Å²) in [5, 5.41) is 3.96. The topological polar surface area (TPSA) is 27.1 Å². The molecule has 1 aromatic rings. The molecule has 86 valence electrons. The van der Waals surface area contributed by atoms with Gasteiger partial charge in [0.1, 0.15) is 6.54 Å². The van der Waals surface area contributed by atoms with E-state index < -0.39 is 6.43 Å². The number of aromatic nitrogens is 2. The van der Waals surface area contributed by atoms with Crippen molar-refractivity contribution in [2.75, 3.05) is 6.61 Å². The van der Waals surface area contributed by atoms with E-state index in [1.165, 1.54) is 4.68 Å². The smallest absolute Gasteiger partial charge is 0.257 e. The predicted octanol–water partition coefficient (Wildman–Crippen LogP) is 2.46. The molecule has 0 atom stereocenters. The van der Waals surface area contributed by atoms with Gasteiger partial charge in [-0.05, 0) is 12.5 Å². The van der Waals surface area contributed by atoms with E-state index in [9.17, 15) is 8.78 Å². The van der Waals surface area contributed by atoms with Gasteiger partial charge in [0.15, 0.2) is 0 Å². The number of alkyl halides is 2. The van der Waals surface area contributed by atoms with Gasteiger partial charge in [-0.3, -0.25) is 4.68 Å². The fourth-order valence-corrected chi connectivity index (χ4v) is 1.15. The maximum Gasteiger partial charge on any atom is 0.257 e. The maximum absolute atomic E-state index is 12.0. The van der Waals surface area contributed by atoms with Crippen LogP contribution in [0.3, 0.4) is 0 Å². The third-order valence-corrected chi connectivity index (χ3v) is 1.91. The normalized spacial score (nSPS) is 11.2. The van der Waals surface area contributed by atoms with Crippen molar-refractivity contribution in [3.05, 3.63) is 18.0 Å². The Hall–Kier alpha value is -0.970. The molecule has 3 nitrogen and oxygen atoms in total. The van der Waals surface area contributed by atoms with Crippen LogP contribution in [0.2, 0.25) is 0 Å². The van der Waals surface area contributed by atoms with E-state index in [1.54, 1.807) is 12.3 Å². The number of nitrogens with zero attached hydrogens (tertiary/aromatic N) is 2. The molecule has 0 unspecified atom stereocenters. The lowest BCUT2D eigenvalue weighted by Gasteiger charge is -2.01. The minimum atomic E-state index is -2.36. The van der Waals surface area contributed by atoms with Crippen LogP contribution in [-0.2, 0) is 17.9 Å². The number of unbranched alkanes of at least 4 members (excludes halogenated alkanes) is 1. The number of ether oxygens (including phenoxy) is 1. The van der Waals surface area contributed by atoms with E-state index in [0.717, 1.165) is 12.8 Å². The zero-order valence-electron chi connectivity index (χ0n) is 8.83. The summed E-state index contributed by atoms with van der Waals surface area (Å²) in [4.78, 5) is 0. The van der Waals surface area contributed by atoms with E-state index in [0.29, 0.717) is 18.9 Å². The van der Waals surface area contributed by atoms with Crippen LogP contribution in [0.5, 0.6) is 0 Å². The zero-order valence-corrected chi connectivity index (χ0v) is 8.83. The summed E-state index contributed by atoms with van der Waals surface area (Å²) in [6.07, 6.45) is 1.28. The molecule has 0 saturated carbocycles. The Morgan fingerprint density at radius 3 is 3.00 bits per heavy atom. The van der Waals surface area contributed by atoms with E-state index >= 15 is 0 Å². The summed E-state index contributed by atoms with van der Waals surface area (Å²) < 4.78 is 30.5. The standard InChI is InChI=1S/C10H16F2N2O/c1-2-3-6-15-8-9-4-5-14(13-9)7-10(11)12/h4-5,10H,2-3,6-8H2,1H3. The van der Waals surface area contributed by atoms with Crippen LogP contribution in [0.25, 0.3) is 0 Å². The van der Waals surface area contributed by atoms with Crippen molar-refractivity contribution in [3.8, 4) is 0 Å². The second-order valence-corrected chi connectivity index (χ2v) is 3.33. The molecular formula is C10H16F2N2O. The molecular weight excluding hydrogens is 202 g/mol. The van der Waals surface area contributed by atoms with Crippen molar-refractivity contribution < 1.29 is 13.5 Å². The predicted molar refractivity (Wildman–Crippen MR) is 52.8 cm³/mol. The Labute approximate surface area is 88.0 Å². The minimum Gasteiger partial charge on any atom is -0.375 e. The molecule has 0 bridgehead atoms. The van der Waals surface area contributed by atoms with Crippen LogP contribution in [0.1, 0.15) is 25.5 Å². The van der Waals surface area contributed by atoms with Crippen LogP contribution in [0, 0.1) is 0 Å². The molecule has 5 heteroatoms. The Kier molecular flexibility index (Phi) is 5.25. The fraction of sp³-hybridized carbons (Fsp3) is 0.700. The highest BCUT2D eigenvalue weighted by atomic mass is 19.3. The van der Waals surface area contributed by atoms with Gasteiger partial charge in [-0.2, -0.15) is 5.10 Å². The van der Waals surface area contributed by atoms with E-state index in [1.807, 2.05) is 0 Å². The molecule has 0 aliphatic rings. The molecule has 1 aromatic heterocycles. The van der Waals surface area contributed by atoms with Crippen LogP contribution in [-0.4, -0.2) is 22.8 Å². The first-order chi connectivity index (χ1) is 7.22. The molecule has 15 heavy (non-hydrogen) atoms. The number of rotatable bonds is 7. The van der Waals surface area contributed by atoms with Gasteiger partial charge >= 0.3 is 0 Å². The second kappa shape index (κ2) is 6.50. The third kappa shape index (κ3) is 4.88.